The molecule has 2 saturated heterocycles. The molecule has 2 N–H and O–H groups in total. The van der Waals surface area contributed by atoms with Gasteiger partial charge in [0.1, 0.15) is 0 Å². The van der Waals surface area contributed by atoms with E-state index in [-0.39, 0.29) is 0 Å². The van der Waals surface area contributed by atoms with Crippen molar-refractivity contribution in [2.24, 2.45) is 17.6 Å². The van der Waals surface area contributed by atoms with Gasteiger partial charge in [-0.05, 0) is 44.0 Å². The van der Waals surface area contributed by atoms with Crippen molar-refractivity contribution < 1.29 is 0 Å². The van der Waals surface area contributed by atoms with Gasteiger partial charge in [-0.15, -0.1) is 0 Å². The molecule has 0 spiro atoms. The van der Waals surface area contributed by atoms with E-state index >= 15 is 0 Å². The summed E-state index contributed by atoms with van der Waals surface area (Å²) in [7, 11) is 2.27. The number of likely N-dealkylation sites (tertiary alicyclic amines) is 2. The molecule has 0 saturated carbocycles. The van der Waals surface area contributed by atoms with Crippen molar-refractivity contribution in [2.45, 2.75) is 19.0 Å². The van der Waals surface area contributed by atoms with Crippen molar-refractivity contribution >= 4 is 0 Å². The number of rotatable bonds is 3. The predicted molar refractivity (Wildman–Crippen MR) is 78.8 cm³/mol. The Morgan fingerprint density at radius 1 is 1.21 bits per heavy atom. The quantitative estimate of drug-likeness (QED) is 0.890. The van der Waals surface area contributed by atoms with Crippen molar-refractivity contribution in [1.29, 1.82) is 0 Å². The molecule has 0 radical (unpaired) electrons. The predicted octanol–water partition coefficient (Wildman–Crippen LogP) is 1.40. The van der Waals surface area contributed by atoms with Crippen LogP contribution < -0.4 is 5.73 Å². The second kappa shape index (κ2) is 5.61. The van der Waals surface area contributed by atoms with E-state index in [1.54, 1.807) is 0 Å². The van der Waals surface area contributed by atoms with Gasteiger partial charge in [-0.3, -0.25) is 4.90 Å². The van der Waals surface area contributed by atoms with E-state index in [1.165, 1.54) is 31.6 Å². The Hall–Kier alpha value is -0.900. The molecule has 19 heavy (non-hydrogen) atoms. The molecule has 3 heteroatoms. The SMILES string of the molecule is CN1CCC(CN)C2CN(Cc3ccccc3)CC21. The van der Waals surface area contributed by atoms with Crippen LogP contribution >= 0.6 is 0 Å². The maximum Gasteiger partial charge on any atom is 0.0263 e. The summed E-state index contributed by atoms with van der Waals surface area (Å²) in [4.78, 5) is 5.15. The number of nitrogens with two attached hydrogens (primary N) is 1. The van der Waals surface area contributed by atoms with Gasteiger partial charge in [-0.25, -0.2) is 0 Å². The molecule has 0 aromatic heterocycles. The lowest BCUT2D eigenvalue weighted by molar-refractivity contribution is 0.107. The molecule has 2 heterocycles. The number of hydrogen-bond acceptors (Lipinski definition) is 3. The second-order valence-corrected chi connectivity index (χ2v) is 6.18. The average Bonchev–Trinajstić information content (AvgIpc) is 2.85. The molecule has 2 fully saturated rings. The third kappa shape index (κ3) is 2.69. The van der Waals surface area contributed by atoms with Gasteiger partial charge in [-0.2, -0.15) is 0 Å². The van der Waals surface area contributed by atoms with Crippen molar-refractivity contribution in [3.8, 4) is 0 Å². The van der Waals surface area contributed by atoms with Crippen LogP contribution in [0.25, 0.3) is 0 Å². The molecular weight excluding hydrogens is 234 g/mol. The first kappa shape index (κ1) is 13.1. The molecule has 1 aromatic carbocycles. The van der Waals surface area contributed by atoms with Crippen LogP contribution in [0.1, 0.15) is 12.0 Å². The van der Waals surface area contributed by atoms with Gasteiger partial charge in [0.2, 0.25) is 0 Å². The lowest BCUT2D eigenvalue weighted by Crippen LogP contribution is -2.48. The highest BCUT2D eigenvalue weighted by Crippen LogP contribution is 2.34. The monoisotopic (exact) mass is 259 g/mol. The Morgan fingerprint density at radius 3 is 2.74 bits per heavy atom. The highest BCUT2D eigenvalue weighted by molar-refractivity contribution is 5.15. The van der Waals surface area contributed by atoms with E-state index in [1.807, 2.05) is 0 Å². The average molecular weight is 259 g/mol. The molecule has 3 unspecified atom stereocenters. The normalized spacial score (nSPS) is 32.4. The molecule has 3 nitrogen and oxygen atoms in total. The molecule has 3 rings (SSSR count). The summed E-state index contributed by atoms with van der Waals surface area (Å²) in [6.45, 7) is 5.56. The molecule has 104 valence electrons. The number of piperidine rings is 1. The van der Waals surface area contributed by atoms with Crippen molar-refractivity contribution in [3.63, 3.8) is 0 Å². The van der Waals surface area contributed by atoms with Gasteiger partial charge in [0, 0.05) is 25.7 Å². The summed E-state index contributed by atoms with van der Waals surface area (Å²) in [6.07, 6.45) is 1.27. The summed E-state index contributed by atoms with van der Waals surface area (Å²) in [5.41, 5.74) is 7.39. The van der Waals surface area contributed by atoms with Crippen LogP contribution in [-0.4, -0.2) is 49.1 Å². The van der Waals surface area contributed by atoms with Gasteiger partial charge < -0.3 is 10.6 Å². The minimum Gasteiger partial charge on any atom is -0.330 e. The van der Waals surface area contributed by atoms with Crippen LogP contribution in [0.5, 0.6) is 0 Å². The third-order valence-electron chi connectivity index (χ3n) is 4.98. The van der Waals surface area contributed by atoms with E-state index in [4.69, 9.17) is 5.73 Å². The van der Waals surface area contributed by atoms with Crippen LogP contribution in [0.4, 0.5) is 0 Å². The summed E-state index contributed by atoms with van der Waals surface area (Å²) < 4.78 is 0. The lowest BCUT2D eigenvalue weighted by Gasteiger charge is -2.39. The minimum atomic E-state index is 0.714. The molecule has 1 aromatic rings. The van der Waals surface area contributed by atoms with Crippen molar-refractivity contribution in [1.82, 2.24) is 9.80 Å². The number of fused-ring (bicyclic) bond motifs is 1. The molecule has 0 amide bonds. The van der Waals surface area contributed by atoms with Crippen LogP contribution in [0.3, 0.4) is 0 Å². The molecule has 2 aliphatic rings. The van der Waals surface area contributed by atoms with Crippen molar-refractivity contribution in [3.05, 3.63) is 35.9 Å². The van der Waals surface area contributed by atoms with E-state index in [9.17, 15) is 0 Å². The highest BCUT2D eigenvalue weighted by atomic mass is 15.3. The van der Waals surface area contributed by atoms with Gasteiger partial charge in [0.15, 0.2) is 0 Å². The van der Waals surface area contributed by atoms with E-state index in [2.05, 4.69) is 47.2 Å². The molecule has 2 aliphatic heterocycles. The zero-order valence-electron chi connectivity index (χ0n) is 11.8. The van der Waals surface area contributed by atoms with E-state index in [0.717, 1.165) is 24.9 Å². The highest BCUT2D eigenvalue weighted by Gasteiger charge is 2.41. The van der Waals surface area contributed by atoms with Crippen LogP contribution in [0, 0.1) is 11.8 Å². The first-order valence-electron chi connectivity index (χ1n) is 7.44. The van der Waals surface area contributed by atoms with E-state index in [0.29, 0.717) is 6.04 Å². The fourth-order valence-corrected chi connectivity index (χ4v) is 3.84. The van der Waals surface area contributed by atoms with Crippen LogP contribution in [0.2, 0.25) is 0 Å². The summed E-state index contributed by atoms with van der Waals surface area (Å²) >= 11 is 0. The first-order valence-corrected chi connectivity index (χ1v) is 7.44. The summed E-state index contributed by atoms with van der Waals surface area (Å²) in [5.74, 6) is 1.49. The van der Waals surface area contributed by atoms with Crippen molar-refractivity contribution in [2.75, 3.05) is 33.2 Å². The summed E-state index contributed by atoms with van der Waals surface area (Å²) in [5, 5.41) is 0. The minimum absolute atomic E-state index is 0.714. The van der Waals surface area contributed by atoms with Crippen LogP contribution in [-0.2, 0) is 6.54 Å². The Labute approximate surface area is 116 Å². The standard InChI is InChI=1S/C16H25N3/c1-18-8-7-14(9-17)15-11-19(12-16(15)18)10-13-5-3-2-4-6-13/h2-6,14-16H,7-12,17H2,1H3. The number of hydrogen-bond donors (Lipinski definition) is 1. The number of likely N-dealkylation sites (N-methyl/N-ethyl adjacent to an activating group) is 1. The van der Waals surface area contributed by atoms with Gasteiger partial charge in [0.05, 0.1) is 0 Å². The van der Waals surface area contributed by atoms with Gasteiger partial charge >= 0.3 is 0 Å². The molecule has 0 bridgehead atoms. The largest absolute Gasteiger partial charge is 0.330 e. The molecule has 3 atom stereocenters. The zero-order chi connectivity index (χ0) is 13.2. The number of benzene rings is 1. The van der Waals surface area contributed by atoms with Gasteiger partial charge in [-0.1, -0.05) is 30.3 Å². The smallest absolute Gasteiger partial charge is 0.0263 e. The van der Waals surface area contributed by atoms with Crippen LogP contribution in [0.15, 0.2) is 30.3 Å². The maximum atomic E-state index is 5.97. The lowest BCUT2D eigenvalue weighted by atomic mass is 9.82. The Balaban J connectivity index is 1.67. The molecular formula is C16H25N3. The fraction of sp³-hybridized carbons (Fsp3) is 0.625. The zero-order valence-corrected chi connectivity index (χ0v) is 11.8. The van der Waals surface area contributed by atoms with Gasteiger partial charge in [0.25, 0.3) is 0 Å². The number of nitrogens with zero attached hydrogens (tertiary/aromatic N) is 2. The molecule has 0 aliphatic carbocycles. The second-order valence-electron chi connectivity index (χ2n) is 6.18. The fourth-order valence-electron chi connectivity index (χ4n) is 3.84. The topological polar surface area (TPSA) is 32.5 Å². The van der Waals surface area contributed by atoms with E-state index < -0.39 is 0 Å². The summed E-state index contributed by atoms with van der Waals surface area (Å²) in [6, 6.07) is 11.5. The third-order valence-corrected chi connectivity index (χ3v) is 4.98. The Kier molecular flexibility index (Phi) is 3.87. The Morgan fingerprint density at radius 2 is 2.00 bits per heavy atom. The maximum absolute atomic E-state index is 5.97. The Bertz CT molecular complexity index is 406. The first-order chi connectivity index (χ1) is 9.28.